The molecule has 5 nitrogen and oxygen atoms in total. The Morgan fingerprint density at radius 3 is 2.90 bits per heavy atom. The molecule has 0 bridgehead atoms. The maximum absolute atomic E-state index is 13.4. The van der Waals surface area contributed by atoms with Crippen LogP contribution in [0.15, 0.2) is 24.3 Å². The number of rotatable bonds is 2. The number of ether oxygens (including phenoxy) is 1. The van der Waals surface area contributed by atoms with Crippen molar-refractivity contribution in [3.8, 4) is 0 Å². The van der Waals surface area contributed by atoms with Gasteiger partial charge in [0.25, 0.3) is 5.91 Å². The Bertz CT molecular complexity index is 505. The Hall–Kier alpha value is -1.50. The maximum Gasteiger partial charge on any atom is 0.253 e. The fraction of sp³-hybridized carbons (Fsp3) is 0.533. The van der Waals surface area contributed by atoms with Crippen molar-refractivity contribution >= 4 is 5.91 Å². The van der Waals surface area contributed by atoms with Crippen LogP contribution in [0.4, 0.5) is 4.39 Å². The Morgan fingerprint density at radius 2 is 2.14 bits per heavy atom. The van der Waals surface area contributed by atoms with Gasteiger partial charge in [-0.25, -0.2) is 4.39 Å². The molecule has 114 valence electrons. The second-order valence-corrected chi connectivity index (χ2v) is 5.37. The number of nitrogens with zero attached hydrogens (tertiary/aromatic N) is 1. The van der Waals surface area contributed by atoms with E-state index in [0.29, 0.717) is 26.2 Å². The van der Waals surface area contributed by atoms with Crippen LogP contribution in [0.25, 0.3) is 0 Å². The van der Waals surface area contributed by atoms with E-state index in [1.165, 1.54) is 12.1 Å². The number of morpholine rings is 1. The fourth-order valence-electron chi connectivity index (χ4n) is 2.89. The van der Waals surface area contributed by atoms with Crippen LogP contribution >= 0.6 is 0 Å². The van der Waals surface area contributed by atoms with Gasteiger partial charge in [0.15, 0.2) is 0 Å². The SMILES string of the molecule is O=C(C1CNCCO1)N1CCNCC1c1cccc(F)c1. The standard InChI is InChI=1S/C15H20FN3O2/c16-12-3-1-2-11(8-12)13-9-17-4-6-19(13)15(20)14-10-18-5-7-21-14/h1-3,8,13-14,17-18H,4-7,9-10H2. The van der Waals surface area contributed by atoms with Gasteiger partial charge in [-0.1, -0.05) is 12.1 Å². The van der Waals surface area contributed by atoms with Crippen LogP contribution < -0.4 is 10.6 Å². The van der Waals surface area contributed by atoms with E-state index in [9.17, 15) is 9.18 Å². The molecule has 0 aliphatic carbocycles. The van der Waals surface area contributed by atoms with Crippen molar-refractivity contribution in [2.45, 2.75) is 12.1 Å². The summed E-state index contributed by atoms with van der Waals surface area (Å²) in [7, 11) is 0. The smallest absolute Gasteiger partial charge is 0.253 e. The molecular weight excluding hydrogens is 273 g/mol. The van der Waals surface area contributed by atoms with E-state index in [-0.39, 0.29) is 17.8 Å². The molecule has 2 unspecified atom stereocenters. The quantitative estimate of drug-likeness (QED) is 0.823. The van der Waals surface area contributed by atoms with Gasteiger partial charge in [0.1, 0.15) is 11.9 Å². The zero-order chi connectivity index (χ0) is 14.7. The first-order valence-corrected chi connectivity index (χ1v) is 7.34. The largest absolute Gasteiger partial charge is 0.366 e. The van der Waals surface area contributed by atoms with E-state index < -0.39 is 6.10 Å². The highest BCUT2D eigenvalue weighted by molar-refractivity contribution is 5.82. The molecule has 1 aromatic rings. The van der Waals surface area contributed by atoms with Crippen molar-refractivity contribution in [2.24, 2.45) is 0 Å². The summed E-state index contributed by atoms with van der Waals surface area (Å²) in [4.78, 5) is 14.5. The predicted octanol–water partition coefficient (Wildman–Crippen LogP) is 0.287. The van der Waals surface area contributed by atoms with Crippen LogP contribution in [-0.2, 0) is 9.53 Å². The third kappa shape index (κ3) is 3.23. The minimum Gasteiger partial charge on any atom is -0.366 e. The minimum atomic E-state index is -0.437. The van der Waals surface area contributed by atoms with E-state index in [2.05, 4.69) is 10.6 Å². The van der Waals surface area contributed by atoms with E-state index in [1.54, 1.807) is 6.07 Å². The molecule has 0 radical (unpaired) electrons. The molecule has 0 aromatic heterocycles. The molecule has 2 N–H and O–H groups in total. The Kier molecular flexibility index (Phi) is 4.48. The average molecular weight is 293 g/mol. The van der Waals surface area contributed by atoms with Gasteiger partial charge in [-0.3, -0.25) is 4.79 Å². The van der Waals surface area contributed by atoms with Gasteiger partial charge in [0.2, 0.25) is 0 Å². The highest BCUT2D eigenvalue weighted by Gasteiger charge is 2.33. The summed E-state index contributed by atoms with van der Waals surface area (Å²) in [6.07, 6.45) is -0.437. The third-order valence-electron chi connectivity index (χ3n) is 3.96. The average Bonchev–Trinajstić information content (AvgIpc) is 2.55. The van der Waals surface area contributed by atoms with Gasteiger partial charge < -0.3 is 20.3 Å². The second-order valence-electron chi connectivity index (χ2n) is 5.37. The maximum atomic E-state index is 13.4. The summed E-state index contributed by atoms with van der Waals surface area (Å²) in [6.45, 7) is 3.86. The van der Waals surface area contributed by atoms with Crippen molar-refractivity contribution < 1.29 is 13.9 Å². The number of hydrogen-bond donors (Lipinski definition) is 2. The van der Waals surface area contributed by atoms with Crippen molar-refractivity contribution in [2.75, 3.05) is 39.3 Å². The van der Waals surface area contributed by atoms with E-state index in [4.69, 9.17) is 4.74 Å². The Morgan fingerprint density at radius 1 is 1.29 bits per heavy atom. The zero-order valence-corrected chi connectivity index (χ0v) is 11.8. The number of carbonyl (C=O) groups is 1. The van der Waals surface area contributed by atoms with Gasteiger partial charge >= 0.3 is 0 Å². The third-order valence-corrected chi connectivity index (χ3v) is 3.96. The summed E-state index contributed by atoms with van der Waals surface area (Å²) in [5.74, 6) is -0.293. The molecule has 2 aliphatic rings. The molecule has 2 aliphatic heterocycles. The summed E-state index contributed by atoms with van der Waals surface area (Å²) in [6, 6.07) is 6.31. The molecule has 0 saturated carbocycles. The first-order chi connectivity index (χ1) is 10.3. The number of benzene rings is 1. The highest BCUT2D eigenvalue weighted by Crippen LogP contribution is 2.24. The van der Waals surface area contributed by atoms with Crippen LogP contribution in [0.5, 0.6) is 0 Å². The zero-order valence-electron chi connectivity index (χ0n) is 11.8. The minimum absolute atomic E-state index is 0.0158. The van der Waals surface area contributed by atoms with Crippen LogP contribution in [-0.4, -0.2) is 56.2 Å². The molecule has 2 atom stereocenters. The number of halogens is 1. The first kappa shape index (κ1) is 14.4. The lowest BCUT2D eigenvalue weighted by molar-refractivity contribution is -0.148. The number of amides is 1. The second kappa shape index (κ2) is 6.51. The Balaban J connectivity index is 1.79. The monoisotopic (exact) mass is 293 g/mol. The fourth-order valence-corrected chi connectivity index (χ4v) is 2.89. The lowest BCUT2D eigenvalue weighted by atomic mass is 10.0. The molecule has 6 heteroatoms. The van der Waals surface area contributed by atoms with E-state index in [0.717, 1.165) is 18.7 Å². The molecule has 3 rings (SSSR count). The van der Waals surface area contributed by atoms with Crippen LogP contribution in [0.2, 0.25) is 0 Å². The van der Waals surface area contributed by atoms with E-state index in [1.807, 2.05) is 11.0 Å². The molecule has 21 heavy (non-hydrogen) atoms. The molecule has 1 amide bonds. The van der Waals surface area contributed by atoms with E-state index >= 15 is 0 Å². The normalized spacial score (nSPS) is 26.6. The lowest BCUT2D eigenvalue weighted by Gasteiger charge is -2.39. The molecule has 2 heterocycles. The first-order valence-electron chi connectivity index (χ1n) is 7.34. The van der Waals surface area contributed by atoms with Gasteiger partial charge in [-0.15, -0.1) is 0 Å². The van der Waals surface area contributed by atoms with Crippen LogP contribution in [0.1, 0.15) is 11.6 Å². The van der Waals surface area contributed by atoms with Gasteiger partial charge in [-0.2, -0.15) is 0 Å². The van der Waals surface area contributed by atoms with Gasteiger partial charge in [0.05, 0.1) is 12.6 Å². The van der Waals surface area contributed by atoms with Crippen molar-refractivity contribution in [1.29, 1.82) is 0 Å². The predicted molar refractivity (Wildman–Crippen MR) is 76.3 cm³/mol. The molecular formula is C15H20FN3O2. The molecule has 1 aromatic carbocycles. The van der Waals surface area contributed by atoms with Crippen LogP contribution in [0.3, 0.4) is 0 Å². The lowest BCUT2D eigenvalue weighted by Crippen LogP contribution is -2.55. The summed E-state index contributed by atoms with van der Waals surface area (Å²) >= 11 is 0. The summed E-state index contributed by atoms with van der Waals surface area (Å²) in [5.41, 5.74) is 0.819. The highest BCUT2D eigenvalue weighted by atomic mass is 19.1. The Labute approximate surface area is 123 Å². The van der Waals surface area contributed by atoms with Crippen molar-refractivity contribution in [3.63, 3.8) is 0 Å². The molecule has 0 spiro atoms. The molecule has 2 saturated heterocycles. The molecule has 2 fully saturated rings. The topological polar surface area (TPSA) is 53.6 Å². The summed E-state index contributed by atoms with van der Waals surface area (Å²) < 4.78 is 19.0. The number of piperazine rings is 1. The van der Waals surface area contributed by atoms with Crippen molar-refractivity contribution in [1.82, 2.24) is 15.5 Å². The van der Waals surface area contributed by atoms with Crippen LogP contribution in [0, 0.1) is 5.82 Å². The number of carbonyl (C=O) groups excluding carboxylic acids is 1. The van der Waals surface area contributed by atoms with Crippen molar-refractivity contribution in [3.05, 3.63) is 35.6 Å². The number of nitrogens with one attached hydrogen (secondary N) is 2. The summed E-state index contributed by atoms with van der Waals surface area (Å²) in [5, 5.41) is 6.44. The van der Waals surface area contributed by atoms with Gasteiger partial charge in [-0.05, 0) is 17.7 Å². The number of hydrogen-bond acceptors (Lipinski definition) is 4. The van der Waals surface area contributed by atoms with Gasteiger partial charge in [0, 0.05) is 32.7 Å².